The zero-order valence-electron chi connectivity index (χ0n) is 13.9. The lowest BCUT2D eigenvalue weighted by Crippen LogP contribution is -2.43. The molecule has 1 aromatic carbocycles. The summed E-state index contributed by atoms with van der Waals surface area (Å²) in [5.74, 6) is 0.784. The van der Waals surface area contributed by atoms with Gasteiger partial charge >= 0.3 is 0 Å². The van der Waals surface area contributed by atoms with Crippen LogP contribution in [-0.4, -0.2) is 51.8 Å². The average molecular weight is 326 g/mol. The Balaban J connectivity index is 1.57. The first-order chi connectivity index (χ1) is 11.7. The van der Waals surface area contributed by atoms with Gasteiger partial charge in [0.25, 0.3) is 5.91 Å². The van der Waals surface area contributed by atoms with Gasteiger partial charge in [-0.1, -0.05) is 12.1 Å². The third-order valence-corrected chi connectivity index (χ3v) is 5.75. The molecule has 1 amide bonds. The maximum atomic E-state index is 13.1. The summed E-state index contributed by atoms with van der Waals surface area (Å²) in [7, 11) is 0. The lowest BCUT2D eigenvalue weighted by Gasteiger charge is -2.38. The van der Waals surface area contributed by atoms with E-state index in [2.05, 4.69) is 22.1 Å². The van der Waals surface area contributed by atoms with Crippen molar-refractivity contribution in [3.63, 3.8) is 0 Å². The van der Waals surface area contributed by atoms with Gasteiger partial charge in [0.15, 0.2) is 5.82 Å². The fourth-order valence-electron chi connectivity index (χ4n) is 4.11. The number of hydrogen-bond donors (Lipinski definition) is 1. The van der Waals surface area contributed by atoms with Crippen molar-refractivity contribution in [1.29, 1.82) is 0 Å². The second kappa shape index (κ2) is 6.02. The number of carbonyl (C=O) groups excluding carboxylic acids is 1. The fourth-order valence-corrected chi connectivity index (χ4v) is 4.11. The molecule has 2 aliphatic heterocycles. The van der Waals surface area contributed by atoms with Crippen LogP contribution in [0.15, 0.2) is 30.6 Å². The van der Waals surface area contributed by atoms with E-state index in [-0.39, 0.29) is 17.4 Å². The van der Waals surface area contributed by atoms with Crippen molar-refractivity contribution in [1.82, 2.24) is 20.1 Å². The molecule has 3 heterocycles. The molecule has 2 saturated heterocycles. The van der Waals surface area contributed by atoms with Gasteiger partial charge in [0.1, 0.15) is 6.33 Å². The van der Waals surface area contributed by atoms with Crippen molar-refractivity contribution >= 4 is 5.91 Å². The van der Waals surface area contributed by atoms with Crippen LogP contribution in [-0.2, 0) is 4.74 Å². The Kier molecular flexibility index (Phi) is 3.84. The molecule has 6 heteroatoms. The minimum Gasteiger partial charge on any atom is -0.381 e. The van der Waals surface area contributed by atoms with Crippen LogP contribution in [0, 0.1) is 5.41 Å². The van der Waals surface area contributed by atoms with Crippen LogP contribution in [0.4, 0.5) is 0 Å². The minimum atomic E-state index is 0.104. The van der Waals surface area contributed by atoms with Crippen molar-refractivity contribution in [2.75, 3.05) is 19.8 Å². The van der Waals surface area contributed by atoms with Gasteiger partial charge in [-0.25, -0.2) is 4.98 Å². The van der Waals surface area contributed by atoms with Crippen LogP contribution in [0.1, 0.15) is 36.5 Å². The van der Waals surface area contributed by atoms with Crippen LogP contribution < -0.4 is 0 Å². The molecule has 0 bridgehead atoms. The molecule has 1 spiro atoms. The Morgan fingerprint density at radius 2 is 2.17 bits per heavy atom. The van der Waals surface area contributed by atoms with Crippen molar-refractivity contribution < 1.29 is 9.53 Å². The number of aromatic nitrogens is 3. The summed E-state index contributed by atoms with van der Waals surface area (Å²) in [5, 5.41) is 6.72. The van der Waals surface area contributed by atoms with Crippen molar-refractivity contribution in [2.45, 2.75) is 32.2 Å². The number of likely N-dealkylation sites (tertiary alicyclic amines) is 1. The molecule has 2 aromatic rings. The molecule has 6 nitrogen and oxygen atoms in total. The third-order valence-electron chi connectivity index (χ3n) is 5.75. The van der Waals surface area contributed by atoms with Crippen LogP contribution >= 0.6 is 0 Å². The molecule has 0 aliphatic carbocycles. The second-order valence-electron chi connectivity index (χ2n) is 6.81. The molecule has 0 saturated carbocycles. The molecule has 2 fully saturated rings. The highest BCUT2D eigenvalue weighted by Gasteiger charge is 2.47. The lowest BCUT2D eigenvalue weighted by molar-refractivity contribution is 0.000175. The molecule has 24 heavy (non-hydrogen) atoms. The summed E-state index contributed by atoms with van der Waals surface area (Å²) in [6.45, 7) is 4.64. The van der Waals surface area contributed by atoms with E-state index < -0.39 is 0 Å². The van der Waals surface area contributed by atoms with Gasteiger partial charge < -0.3 is 9.64 Å². The van der Waals surface area contributed by atoms with Crippen molar-refractivity contribution in [3.8, 4) is 11.4 Å². The predicted molar refractivity (Wildman–Crippen MR) is 89.4 cm³/mol. The number of nitrogens with one attached hydrogen (secondary N) is 1. The number of aromatic amines is 1. The van der Waals surface area contributed by atoms with Gasteiger partial charge in [0, 0.05) is 36.9 Å². The zero-order chi connectivity index (χ0) is 16.6. The summed E-state index contributed by atoms with van der Waals surface area (Å²) in [6.07, 6.45) is 4.65. The highest BCUT2D eigenvalue weighted by molar-refractivity contribution is 5.95. The maximum absolute atomic E-state index is 13.1. The van der Waals surface area contributed by atoms with E-state index in [1.54, 1.807) is 0 Å². The first-order valence-electron chi connectivity index (χ1n) is 8.54. The Bertz CT molecular complexity index is 722. The highest BCUT2D eigenvalue weighted by Crippen LogP contribution is 2.45. The molecule has 126 valence electrons. The standard InChI is InChI=1S/C18H22N4O2/c1-13-18(6-9-24-10-7-18)5-8-22(13)17(23)15-4-2-3-14(11-15)16-19-12-20-21-16/h2-4,11-13H,5-10H2,1H3,(H,19,20,21). The Morgan fingerprint density at radius 3 is 2.92 bits per heavy atom. The number of rotatable bonds is 2. The summed E-state index contributed by atoms with van der Waals surface area (Å²) < 4.78 is 5.52. The smallest absolute Gasteiger partial charge is 0.254 e. The lowest BCUT2D eigenvalue weighted by atomic mass is 9.74. The van der Waals surface area contributed by atoms with E-state index in [1.165, 1.54) is 6.33 Å². The topological polar surface area (TPSA) is 71.1 Å². The first kappa shape index (κ1) is 15.3. The molecule has 1 atom stereocenters. The first-order valence-corrected chi connectivity index (χ1v) is 8.54. The Labute approximate surface area is 141 Å². The van der Waals surface area contributed by atoms with Gasteiger partial charge in [-0.3, -0.25) is 9.89 Å². The van der Waals surface area contributed by atoms with Crippen LogP contribution in [0.25, 0.3) is 11.4 Å². The van der Waals surface area contributed by atoms with E-state index in [0.717, 1.165) is 44.6 Å². The SMILES string of the molecule is CC1N(C(=O)c2cccc(-c3ncn[nH]3)c2)CCC12CCOCC2. The second-order valence-corrected chi connectivity index (χ2v) is 6.81. The molecule has 4 rings (SSSR count). The van der Waals surface area contributed by atoms with Crippen molar-refractivity contribution in [2.24, 2.45) is 5.41 Å². The van der Waals surface area contributed by atoms with Crippen LogP contribution in [0.3, 0.4) is 0 Å². The fraction of sp³-hybridized carbons (Fsp3) is 0.500. The average Bonchev–Trinajstić information content (AvgIpc) is 3.26. The quantitative estimate of drug-likeness (QED) is 0.920. The van der Waals surface area contributed by atoms with Gasteiger partial charge in [0.05, 0.1) is 0 Å². The van der Waals surface area contributed by atoms with Crippen molar-refractivity contribution in [3.05, 3.63) is 36.2 Å². The molecular formula is C18H22N4O2. The zero-order valence-corrected chi connectivity index (χ0v) is 13.9. The van der Waals surface area contributed by atoms with E-state index in [1.807, 2.05) is 29.2 Å². The van der Waals surface area contributed by atoms with Gasteiger partial charge in [0.2, 0.25) is 0 Å². The third kappa shape index (κ3) is 2.51. The van der Waals surface area contributed by atoms with E-state index >= 15 is 0 Å². The molecular weight excluding hydrogens is 304 g/mol. The van der Waals surface area contributed by atoms with Crippen LogP contribution in [0.5, 0.6) is 0 Å². The number of benzene rings is 1. The maximum Gasteiger partial charge on any atom is 0.254 e. The van der Waals surface area contributed by atoms with E-state index in [4.69, 9.17) is 4.74 Å². The normalized spacial score (nSPS) is 22.9. The Morgan fingerprint density at radius 1 is 1.33 bits per heavy atom. The largest absolute Gasteiger partial charge is 0.381 e. The van der Waals surface area contributed by atoms with Gasteiger partial charge in [-0.05, 0) is 43.7 Å². The van der Waals surface area contributed by atoms with Gasteiger partial charge in [-0.15, -0.1) is 0 Å². The number of carbonyl (C=O) groups is 1. The predicted octanol–water partition coefficient (Wildman–Crippen LogP) is 2.50. The van der Waals surface area contributed by atoms with Crippen LogP contribution in [0.2, 0.25) is 0 Å². The summed E-state index contributed by atoms with van der Waals surface area (Å²) in [5.41, 5.74) is 1.82. The van der Waals surface area contributed by atoms with E-state index in [0.29, 0.717) is 11.4 Å². The molecule has 1 unspecified atom stereocenters. The summed E-state index contributed by atoms with van der Waals surface area (Å²) >= 11 is 0. The Hall–Kier alpha value is -2.21. The highest BCUT2D eigenvalue weighted by atomic mass is 16.5. The molecule has 1 aromatic heterocycles. The minimum absolute atomic E-state index is 0.104. The van der Waals surface area contributed by atoms with Gasteiger partial charge in [-0.2, -0.15) is 5.10 Å². The number of H-pyrrole nitrogens is 1. The molecule has 0 radical (unpaired) electrons. The summed E-state index contributed by atoms with van der Waals surface area (Å²) in [6, 6.07) is 7.86. The monoisotopic (exact) mass is 326 g/mol. The van der Waals surface area contributed by atoms with E-state index in [9.17, 15) is 4.79 Å². The number of amides is 1. The summed E-state index contributed by atoms with van der Waals surface area (Å²) in [4.78, 5) is 19.2. The number of hydrogen-bond acceptors (Lipinski definition) is 4. The number of nitrogens with zero attached hydrogens (tertiary/aromatic N) is 3. The molecule has 1 N–H and O–H groups in total. The molecule has 2 aliphatic rings. The number of ether oxygens (including phenoxy) is 1.